The highest BCUT2D eigenvalue weighted by molar-refractivity contribution is 7.09. The third kappa shape index (κ3) is 3.74. The fraction of sp³-hybridized carbons (Fsp3) is 0.385. The predicted octanol–water partition coefficient (Wildman–Crippen LogP) is 2.67. The Morgan fingerprint density at radius 2 is 2.35 bits per heavy atom. The van der Waals surface area contributed by atoms with Crippen molar-refractivity contribution in [2.24, 2.45) is 0 Å². The Morgan fingerprint density at radius 3 is 3.00 bits per heavy atom. The topological polar surface area (TPSA) is 77.0 Å². The molecule has 0 spiro atoms. The van der Waals surface area contributed by atoms with Crippen LogP contribution in [-0.2, 0) is 0 Å². The molecule has 20 heavy (non-hydrogen) atoms. The highest BCUT2D eigenvalue weighted by Gasteiger charge is 2.11. The number of pyridine rings is 1. The normalized spacial score (nSPS) is 11.9. The number of hydrogen-bond acceptors (Lipinski definition) is 6. The van der Waals surface area contributed by atoms with Crippen LogP contribution in [0.1, 0.15) is 36.5 Å². The fourth-order valence-corrected chi connectivity index (χ4v) is 1.99. The van der Waals surface area contributed by atoms with Gasteiger partial charge in [0, 0.05) is 29.4 Å². The molecule has 0 radical (unpaired) electrons. The zero-order chi connectivity index (χ0) is 14.5. The van der Waals surface area contributed by atoms with Crippen LogP contribution in [-0.4, -0.2) is 26.4 Å². The Hall–Kier alpha value is -2.02. The minimum Gasteiger partial charge on any atom is -0.475 e. The summed E-state index contributed by atoms with van der Waals surface area (Å²) in [6.07, 6.45) is 2.49. The summed E-state index contributed by atoms with van der Waals surface area (Å²) in [6.45, 7) is 5.76. The molecule has 0 fully saturated rings. The van der Waals surface area contributed by atoms with E-state index in [2.05, 4.69) is 19.7 Å². The van der Waals surface area contributed by atoms with E-state index in [1.807, 2.05) is 13.8 Å². The molecular formula is C13H16N4O2S. The molecule has 0 aliphatic carbocycles. The summed E-state index contributed by atoms with van der Waals surface area (Å²) in [5.41, 5.74) is 0.478. The molecule has 2 aromatic rings. The van der Waals surface area contributed by atoms with Gasteiger partial charge < -0.3 is 4.74 Å². The Labute approximate surface area is 121 Å². The Bertz CT molecular complexity index is 600. The van der Waals surface area contributed by atoms with Crippen molar-refractivity contribution in [3.05, 3.63) is 29.7 Å². The van der Waals surface area contributed by atoms with Gasteiger partial charge in [0.2, 0.25) is 11.0 Å². The monoisotopic (exact) mass is 292 g/mol. The lowest BCUT2D eigenvalue weighted by Gasteiger charge is -2.11. The van der Waals surface area contributed by atoms with Gasteiger partial charge in [-0.2, -0.15) is 4.37 Å². The van der Waals surface area contributed by atoms with Gasteiger partial charge in [0.05, 0.1) is 6.10 Å². The second-order valence-corrected chi connectivity index (χ2v) is 5.07. The van der Waals surface area contributed by atoms with Gasteiger partial charge >= 0.3 is 0 Å². The van der Waals surface area contributed by atoms with E-state index in [9.17, 15) is 4.79 Å². The maximum absolute atomic E-state index is 12.1. The van der Waals surface area contributed by atoms with Gasteiger partial charge in [0.15, 0.2) is 0 Å². The van der Waals surface area contributed by atoms with Crippen molar-refractivity contribution < 1.29 is 9.53 Å². The van der Waals surface area contributed by atoms with Crippen molar-refractivity contribution in [1.29, 1.82) is 0 Å². The van der Waals surface area contributed by atoms with Crippen LogP contribution in [0.4, 0.5) is 5.13 Å². The number of aromatic nitrogens is 3. The maximum Gasteiger partial charge on any atom is 0.257 e. The van der Waals surface area contributed by atoms with Crippen LogP contribution in [0.15, 0.2) is 18.3 Å². The zero-order valence-corrected chi connectivity index (χ0v) is 12.4. The first-order valence-electron chi connectivity index (χ1n) is 6.33. The van der Waals surface area contributed by atoms with Crippen molar-refractivity contribution in [3.63, 3.8) is 0 Å². The van der Waals surface area contributed by atoms with Gasteiger partial charge in [0.1, 0.15) is 5.82 Å². The zero-order valence-electron chi connectivity index (χ0n) is 11.6. The third-order valence-electron chi connectivity index (χ3n) is 2.64. The SMILES string of the molecule is CC[C@H](C)Oc1cc(C(=O)Nc2nc(C)ns2)ccn1. The molecule has 0 aliphatic rings. The van der Waals surface area contributed by atoms with Crippen LogP contribution in [0.25, 0.3) is 0 Å². The van der Waals surface area contributed by atoms with Gasteiger partial charge in [0.25, 0.3) is 5.91 Å². The average Bonchev–Trinajstić information content (AvgIpc) is 2.84. The van der Waals surface area contributed by atoms with Crippen LogP contribution in [0, 0.1) is 6.92 Å². The van der Waals surface area contributed by atoms with E-state index in [0.29, 0.717) is 22.4 Å². The summed E-state index contributed by atoms with van der Waals surface area (Å²) in [5, 5.41) is 3.18. The summed E-state index contributed by atoms with van der Waals surface area (Å²) in [6, 6.07) is 3.25. The summed E-state index contributed by atoms with van der Waals surface area (Å²) in [5.74, 6) is 0.832. The fourth-order valence-electron chi connectivity index (χ4n) is 1.42. The number of rotatable bonds is 5. The molecule has 0 bridgehead atoms. The van der Waals surface area contributed by atoms with Gasteiger partial charge in [-0.25, -0.2) is 9.97 Å². The average molecular weight is 292 g/mol. The molecule has 1 amide bonds. The number of nitrogens with zero attached hydrogens (tertiary/aromatic N) is 3. The predicted molar refractivity (Wildman–Crippen MR) is 77.2 cm³/mol. The minimum atomic E-state index is -0.252. The number of carbonyl (C=O) groups is 1. The first-order valence-corrected chi connectivity index (χ1v) is 7.10. The van der Waals surface area contributed by atoms with E-state index in [0.717, 1.165) is 18.0 Å². The Kier molecular flexibility index (Phi) is 4.62. The van der Waals surface area contributed by atoms with E-state index in [-0.39, 0.29) is 12.0 Å². The molecule has 0 saturated heterocycles. The van der Waals surface area contributed by atoms with Crippen molar-refractivity contribution in [2.75, 3.05) is 5.32 Å². The Morgan fingerprint density at radius 1 is 1.55 bits per heavy atom. The van der Waals surface area contributed by atoms with Gasteiger partial charge in [-0.15, -0.1) is 0 Å². The summed E-state index contributed by atoms with van der Waals surface area (Å²) < 4.78 is 9.60. The molecule has 106 valence electrons. The summed E-state index contributed by atoms with van der Waals surface area (Å²) >= 11 is 1.15. The number of carbonyl (C=O) groups excluding carboxylic acids is 1. The van der Waals surface area contributed by atoms with Gasteiger partial charge in [-0.1, -0.05) is 6.92 Å². The quantitative estimate of drug-likeness (QED) is 0.916. The maximum atomic E-state index is 12.1. The van der Waals surface area contributed by atoms with E-state index in [1.54, 1.807) is 25.3 Å². The van der Waals surface area contributed by atoms with Crippen LogP contribution in [0.3, 0.4) is 0 Å². The molecule has 0 saturated carbocycles. The van der Waals surface area contributed by atoms with Crippen molar-refractivity contribution in [3.8, 4) is 5.88 Å². The molecule has 1 N–H and O–H groups in total. The molecule has 2 heterocycles. The lowest BCUT2D eigenvalue weighted by atomic mass is 10.2. The molecule has 1 atom stereocenters. The lowest BCUT2D eigenvalue weighted by molar-refractivity contribution is 0.102. The Balaban J connectivity index is 2.08. The van der Waals surface area contributed by atoms with Crippen LogP contribution >= 0.6 is 11.5 Å². The minimum absolute atomic E-state index is 0.0617. The van der Waals surface area contributed by atoms with Gasteiger partial charge in [-0.3, -0.25) is 10.1 Å². The third-order valence-corrected chi connectivity index (χ3v) is 3.36. The molecule has 2 rings (SSSR count). The van der Waals surface area contributed by atoms with Crippen LogP contribution in [0.2, 0.25) is 0 Å². The highest BCUT2D eigenvalue weighted by atomic mass is 32.1. The molecule has 0 aliphatic heterocycles. The number of aryl methyl sites for hydroxylation is 1. The highest BCUT2D eigenvalue weighted by Crippen LogP contribution is 2.15. The smallest absolute Gasteiger partial charge is 0.257 e. The summed E-state index contributed by atoms with van der Waals surface area (Å²) in [4.78, 5) is 20.3. The first kappa shape index (κ1) is 14.4. The number of hydrogen-bond donors (Lipinski definition) is 1. The second kappa shape index (κ2) is 6.42. The largest absolute Gasteiger partial charge is 0.475 e. The van der Waals surface area contributed by atoms with Crippen LogP contribution < -0.4 is 10.1 Å². The standard InChI is InChI=1S/C13H16N4O2S/c1-4-8(2)19-11-7-10(5-6-14-11)12(18)16-13-15-9(3)17-20-13/h5-8H,4H2,1-3H3,(H,15,16,17,18)/t8-/m0/s1. The van der Waals surface area contributed by atoms with Crippen molar-refractivity contribution >= 4 is 22.6 Å². The molecule has 6 nitrogen and oxygen atoms in total. The molecule has 0 aromatic carbocycles. The number of ether oxygens (including phenoxy) is 1. The second-order valence-electron chi connectivity index (χ2n) is 4.32. The summed E-state index contributed by atoms with van der Waals surface area (Å²) in [7, 11) is 0. The lowest BCUT2D eigenvalue weighted by Crippen LogP contribution is -2.14. The van der Waals surface area contributed by atoms with Crippen molar-refractivity contribution in [2.45, 2.75) is 33.3 Å². The van der Waals surface area contributed by atoms with E-state index in [1.165, 1.54) is 0 Å². The van der Waals surface area contributed by atoms with E-state index < -0.39 is 0 Å². The van der Waals surface area contributed by atoms with Gasteiger partial charge in [-0.05, 0) is 26.3 Å². The molecule has 0 unspecified atom stereocenters. The molecule has 2 aromatic heterocycles. The van der Waals surface area contributed by atoms with E-state index >= 15 is 0 Å². The van der Waals surface area contributed by atoms with E-state index in [4.69, 9.17) is 4.74 Å². The molecular weight excluding hydrogens is 276 g/mol. The number of nitrogens with one attached hydrogen (secondary N) is 1. The molecule has 7 heteroatoms. The van der Waals surface area contributed by atoms with Crippen LogP contribution in [0.5, 0.6) is 5.88 Å². The first-order chi connectivity index (χ1) is 9.58. The number of anilines is 1. The number of amides is 1. The van der Waals surface area contributed by atoms with Crippen molar-refractivity contribution in [1.82, 2.24) is 14.3 Å².